The van der Waals surface area contributed by atoms with Gasteiger partial charge in [0, 0.05) is 13.2 Å². The standard InChI is InChI=1S/C35H73NO10/c1-4-5-6-7-8-9-10-11-12-13-14-16-37-18-20-39-22-24-41-26-28-43-30-32-45-34-35-46-33-31-44-29-27-42-25-23-40-21-19-38-17-15-36(2)3/h4-35H2,1-3H3. The molecule has 0 aromatic rings. The van der Waals surface area contributed by atoms with Gasteiger partial charge in [-0.3, -0.25) is 0 Å². The Hall–Kier alpha value is -0.440. The van der Waals surface area contributed by atoms with Crippen LogP contribution in [0.1, 0.15) is 77.6 Å². The number of nitrogens with zero attached hydrogens (tertiary/aromatic N) is 1. The van der Waals surface area contributed by atoms with Crippen molar-refractivity contribution in [1.82, 2.24) is 4.90 Å². The van der Waals surface area contributed by atoms with E-state index in [9.17, 15) is 0 Å². The minimum absolute atomic E-state index is 0.531. The fraction of sp³-hybridized carbons (Fsp3) is 1.00. The Morgan fingerprint density at radius 1 is 0.261 bits per heavy atom. The molecule has 0 aromatic heterocycles. The van der Waals surface area contributed by atoms with Crippen LogP contribution in [-0.4, -0.2) is 158 Å². The van der Waals surface area contributed by atoms with Crippen molar-refractivity contribution in [3.63, 3.8) is 0 Å². The van der Waals surface area contributed by atoms with Gasteiger partial charge in [0.25, 0.3) is 0 Å². The number of hydrogen-bond acceptors (Lipinski definition) is 11. The van der Waals surface area contributed by atoms with Crippen LogP contribution in [0.25, 0.3) is 0 Å². The lowest BCUT2D eigenvalue weighted by Gasteiger charge is -2.10. The van der Waals surface area contributed by atoms with Gasteiger partial charge in [0.2, 0.25) is 0 Å². The smallest absolute Gasteiger partial charge is 0.0701 e. The van der Waals surface area contributed by atoms with Crippen molar-refractivity contribution in [2.75, 3.05) is 153 Å². The summed E-state index contributed by atoms with van der Waals surface area (Å²) in [5.74, 6) is 0. The second-order valence-electron chi connectivity index (χ2n) is 11.5. The first-order valence-electron chi connectivity index (χ1n) is 18.2. The molecule has 0 aliphatic heterocycles. The summed E-state index contributed by atoms with van der Waals surface area (Å²) < 4.78 is 55.1. The fourth-order valence-corrected chi connectivity index (χ4v) is 4.20. The predicted octanol–water partition coefficient (Wildman–Crippen LogP) is 5.03. The van der Waals surface area contributed by atoms with Crippen LogP contribution >= 0.6 is 0 Å². The van der Waals surface area contributed by atoms with Crippen LogP contribution in [0, 0.1) is 0 Å². The molecule has 0 amide bonds. The molecule has 0 spiro atoms. The van der Waals surface area contributed by atoms with Gasteiger partial charge < -0.3 is 52.3 Å². The molecule has 0 atom stereocenters. The SMILES string of the molecule is CCCCCCCCCCCCCOCCOCCOCCOCCOCCOCCOCCOCCOCCOCCN(C)C. The lowest BCUT2D eigenvalue weighted by Crippen LogP contribution is -2.19. The molecule has 0 aliphatic rings. The minimum Gasteiger partial charge on any atom is -0.379 e. The summed E-state index contributed by atoms with van der Waals surface area (Å²) in [6.07, 6.45) is 14.9. The van der Waals surface area contributed by atoms with E-state index >= 15 is 0 Å². The number of unbranched alkanes of at least 4 members (excludes halogenated alkanes) is 10. The van der Waals surface area contributed by atoms with Crippen molar-refractivity contribution in [1.29, 1.82) is 0 Å². The third-order valence-corrected chi connectivity index (χ3v) is 6.92. The first-order valence-corrected chi connectivity index (χ1v) is 18.2. The highest BCUT2D eigenvalue weighted by atomic mass is 16.6. The maximum absolute atomic E-state index is 5.66. The van der Waals surface area contributed by atoms with E-state index in [1.807, 2.05) is 14.1 Å². The molecule has 0 rings (SSSR count). The van der Waals surface area contributed by atoms with Gasteiger partial charge in [0.05, 0.1) is 126 Å². The molecule has 0 radical (unpaired) electrons. The molecule has 11 heteroatoms. The van der Waals surface area contributed by atoms with E-state index in [2.05, 4.69) is 11.8 Å². The van der Waals surface area contributed by atoms with Crippen LogP contribution in [0.5, 0.6) is 0 Å². The summed E-state index contributed by atoms with van der Waals surface area (Å²) in [5.41, 5.74) is 0. The van der Waals surface area contributed by atoms with Gasteiger partial charge in [-0.05, 0) is 20.5 Å². The molecule has 11 nitrogen and oxygen atoms in total. The molecule has 0 heterocycles. The van der Waals surface area contributed by atoms with Gasteiger partial charge in [-0.2, -0.15) is 0 Å². The molecule has 278 valence electrons. The first-order chi connectivity index (χ1) is 22.8. The summed E-state index contributed by atoms with van der Waals surface area (Å²) in [7, 11) is 4.05. The monoisotopic (exact) mass is 668 g/mol. The topological polar surface area (TPSA) is 95.5 Å². The number of hydrogen-bond donors (Lipinski definition) is 0. The van der Waals surface area contributed by atoms with Crippen molar-refractivity contribution in [2.24, 2.45) is 0 Å². The minimum atomic E-state index is 0.531. The molecular formula is C35H73NO10. The van der Waals surface area contributed by atoms with E-state index in [1.165, 1.54) is 64.2 Å². The molecule has 0 aliphatic carbocycles. The molecule has 0 bridgehead atoms. The van der Waals surface area contributed by atoms with Gasteiger partial charge in [-0.25, -0.2) is 0 Å². The van der Waals surface area contributed by atoms with E-state index in [-0.39, 0.29) is 0 Å². The molecule has 0 saturated heterocycles. The van der Waals surface area contributed by atoms with Crippen LogP contribution in [0.2, 0.25) is 0 Å². The van der Waals surface area contributed by atoms with Gasteiger partial charge in [0.1, 0.15) is 0 Å². The number of rotatable bonds is 42. The third kappa shape index (κ3) is 43.6. The molecule has 46 heavy (non-hydrogen) atoms. The highest BCUT2D eigenvalue weighted by Gasteiger charge is 1.97. The Bertz CT molecular complexity index is 534. The predicted molar refractivity (Wildman–Crippen MR) is 183 cm³/mol. The van der Waals surface area contributed by atoms with Crippen LogP contribution in [0.3, 0.4) is 0 Å². The molecular weight excluding hydrogens is 594 g/mol. The second-order valence-corrected chi connectivity index (χ2v) is 11.5. The van der Waals surface area contributed by atoms with Crippen molar-refractivity contribution in [2.45, 2.75) is 77.6 Å². The third-order valence-electron chi connectivity index (χ3n) is 6.92. The summed E-state index contributed by atoms with van der Waals surface area (Å²) in [6, 6.07) is 0. The lowest BCUT2D eigenvalue weighted by molar-refractivity contribution is -0.0265. The molecule has 0 aromatic carbocycles. The van der Waals surface area contributed by atoms with Gasteiger partial charge in [0.15, 0.2) is 0 Å². The zero-order chi connectivity index (χ0) is 33.3. The maximum Gasteiger partial charge on any atom is 0.0701 e. The highest BCUT2D eigenvalue weighted by Crippen LogP contribution is 2.11. The van der Waals surface area contributed by atoms with E-state index in [0.29, 0.717) is 119 Å². The Kier molecular flexibility index (Phi) is 42.2. The van der Waals surface area contributed by atoms with Gasteiger partial charge >= 0.3 is 0 Å². The van der Waals surface area contributed by atoms with Crippen molar-refractivity contribution in [3.05, 3.63) is 0 Å². The van der Waals surface area contributed by atoms with Gasteiger partial charge in [-0.15, -0.1) is 0 Å². The normalized spacial score (nSPS) is 11.7. The van der Waals surface area contributed by atoms with Crippen molar-refractivity contribution >= 4 is 0 Å². The van der Waals surface area contributed by atoms with E-state index in [0.717, 1.165) is 26.2 Å². The molecule has 0 saturated carbocycles. The Labute approximate surface area is 282 Å². The van der Waals surface area contributed by atoms with Crippen LogP contribution in [0.15, 0.2) is 0 Å². The second kappa shape index (κ2) is 42.6. The summed E-state index contributed by atoms with van der Waals surface area (Å²) in [4.78, 5) is 2.09. The molecule has 0 fully saturated rings. The largest absolute Gasteiger partial charge is 0.379 e. The Morgan fingerprint density at radius 2 is 0.478 bits per heavy atom. The summed E-state index contributed by atoms with van der Waals surface area (Å²) >= 11 is 0. The molecule has 0 N–H and O–H groups in total. The number of ether oxygens (including phenoxy) is 10. The zero-order valence-corrected chi connectivity index (χ0v) is 30.2. The van der Waals surface area contributed by atoms with Crippen LogP contribution in [-0.2, 0) is 47.4 Å². The average molecular weight is 668 g/mol. The van der Waals surface area contributed by atoms with E-state index in [4.69, 9.17) is 47.4 Å². The Balaban J connectivity index is 3.04. The summed E-state index contributed by atoms with van der Waals surface area (Å²) in [6.45, 7) is 14.8. The quantitative estimate of drug-likeness (QED) is 0.0821. The zero-order valence-electron chi connectivity index (χ0n) is 30.2. The van der Waals surface area contributed by atoms with Crippen molar-refractivity contribution in [3.8, 4) is 0 Å². The van der Waals surface area contributed by atoms with E-state index in [1.54, 1.807) is 0 Å². The Morgan fingerprint density at radius 3 is 0.739 bits per heavy atom. The van der Waals surface area contributed by atoms with E-state index < -0.39 is 0 Å². The number of likely N-dealkylation sites (N-methyl/N-ethyl adjacent to an activating group) is 1. The van der Waals surface area contributed by atoms with Crippen LogP contribution < -0.4 is 0 Å². The maximum atomic E-state index is 5.66. The van der Waals surface area contributed by atoms with Crippen molar-refractivity contribution < 1.29 is 47.4 Å². The average Bonchev–Trinajstić information content (AvgIpc) is 3.05. The summed E-state index contributed by atoms with van der Waals surface area (Å²) in [5, 5.41) is 0. The highest BCUT2D eigenvalue weighted by molar-refractivity contribution is 4.48. The first kappa shape index (κ1) is 45.6. The van der Waals surface area contributed by atoms with Crippen LogP contribution in [0.4, 0.5) is 0 Å². The molecule has 0 unspecified atom stereocenters. The van der Waals surface area contributed by atoms with Gasteiger partial charge in [-0.1, -0.05) is 71.1 Å². The fourth-order valence-electron chi connectivity index (χ4n) is 4.20. The lowest BCUT2D eigenvalue weighted by atomic mass is 10.1.